The zero-order valence-electron chi connectivity index (χ0n) is 10.9. The minimum atomic E-state index is -0.726. The van der Waals surface area contributed by atoms with E-state index in [2.05, 4.69) is 23.1 Å². The second-order valence-corrected chi connectivity index (χ2v) is 5.34. The Morgan fingerprint density at radius 3 is 2.89 bits per heavy atom. The van der Waals surface area contributed by atoms with Crippen molar-refractivity contribution in [1.29, 1.82) is 0 Å². The molecule has 0 amide bonds. The Labute approximate surface area is 113 Å². The van der Waals surface area contributed by atoms with Crippen LogP contribution in [0.15, 0.2) is 24.3 Å². The first-order chi connectivity index (χ1) is 9.25. The number of hydrogen-bond acceptors (Lipinski definition) is 3. The van der Waals surface area contributed by atoms with Crippen molar-refractivity contribution in [2.45, 2.75) is 38.0 Å². The zero-order chi connectivity index (χ0) is 13.2. The molecule has 102 valence electrons. The van der Waals surface area contributed by atoms with Crippen molar-refractivity contribution in [2.24, 2.45) is 0 Å². The molecule has 3 rings (SSSR count). The molecular formula is C15H19NO3. The van der Waals surface area contributed by atoms with E-state index in [1.165, 1.54) is 24.0 Å². The Balaban J connectivity index is 1.81. The minimum absolute atomic E-state index is 0.204. The largest absolute Gasteiger partial charge is 0.481 e. The first-order valence-electron chi connectivity index (χ1n) is 6.89. The third-order valence-corrected chi connectivity index (χ3v) is 3.95. The van der Waals surface area contributed by atoms with Gasteiger partial charge in [-0.25, -0.2) is 0 Å². The fraction of sp³-hybridized carbons (Fsp3) is 0.533. The number of carbonyl (C=O) groups is 1. The number of carboxylic acid groups (broad SMARTS) is 1. The molecule has 1 N–H and O–H groups in total. The van der Waals surface area contributed by atoms with Crippen LogP contribution in [0.25, 0.3) is 0 Å². The Kier molecular flexibility index (Phi) is 3.53. The summed E-state index contributed by atoms with van der Waals surface area (Å²) in [5, 5.41) is 8.90. The summed E-state index contributed by atoms with van der Waals surface area (Å²) >= 11 is 0. The smallest absolute Gasteiger partial charge is 0.304 e. The number of hydrogen-bond donors (Lipinski definition) is 1. The van der Waals surface area contributed by atoms with Gasteiger partial charge in [-0.2, -0.15) is 0 Å². The molecule has 4 heteroatoms. The Morgan fingerprint density at radius 1 is 1.37 bits per heavy atom. The summed E-state index contributed by atoms with van der Waals surface area (Å²) in [5.41, 5.74) is 2.55. The maximum Gasteiger partial charge on any atom is 0.304 e. The molecule has 1 aliphatic heterocycles. The maximum atomic E-state index is 10.8. The van der Waals surface area contributed by atoms with Gasteiger partial charge in [0.15, 0.2) is 0 Å². The van der Waals surface area contributed by atoms with Gasteiger partial charge in [0.1, 0.15) is 0 Å². The van der Waals surface area contributed by atoms with Gasteiger partial charge in [0, 0.05) is 12.6 Å². The van der Waals surface area contributed by atoms with Crippen LogP contribution in [-0.4, -0.2) is 35.2 Å². The molecule has 1 unspecified atom stereocenters. The molecule has 1 heterocycles. The van der Waals surface area contributed by atoms with Gasteiger partial charge >= 0.3 is 5.97 Å². The highest BCUT2D eigenvalue weighted by atomic mass is 16.5. The predicted molar refractivity (Wildman–Crippen MR) is 70.8 cm³/mol. The van der Waals surface area contributed by atoms with E-state index in [1.807, 2.05) is 6.07 Å². The second kappa shape index (κ2) is 5.31. The van der Waals surface area contributed by atoms with E-state index in [-0.39, 0.29) is 12.5 Å². The number of rotatable bonds is 5. The molecule has 0 spiro atoms. The van der Waals surface area contributed by atoms with Crippen LogP contribution in [0.1, 0.15) is 36.4 Å². The van der Waals surface area contributed by atoms with Crippen LogP contribution in [0.3, 0.4) is 0 Å². The van der Waals surface area contributed by atoms with Crippen molar-refractivity contribution in [1.82, 2.24) is 4.90 Å². The SMILES string of the molecule is O=C(O)CCN(C1CC1)C1COCc2ccccc21. The van der Waals surface area contributed by atoms with Crippen LogP contribution < -0.4 is 0 Å². The third-order valence-electron chi connectivity index (χ3n) is 3.95. The Bertz CT molecular complexity index is 470. The zero-order valence-corrected chi connectivity index (χ0v) is 10.9. The van der Waals surface area contributed by atoms with E-state index >= 15 is 0 Å². The molecule has 1 atom stereocenters. The van der Waals surface area contributed by atoms with E-state index in [0.29, 0.717) is 25.8 Å². The summed E-state index contributed by atoms with van der Waals surface area (Å²) in [4.78, 5) is 13.1. The fourth-order valence-electron chi connectivity index (χ4n) is 2.86. The van der Waals surface area contributed by atoms with Crippen LogP contribution in [0.5, 0.6) is 0 Å². The molecular weight excluding hydrogens is 242 g/mol. The number of fused-ring (bicyclic) bond motifs is 1. The minimum Gasteiger partial charge on any atom is -0.481 e. The highest BCUT2D eigenvalue weighted by Crippen LogP contribution is 2.37. The van der Waals surface area contributed by atoms with Gasteiger partial charge in [0.05, 0.1) is 25.7 Å². The Hall–Kier alpha value is -1.39. The summed E-state index contributed by atoms with van der Waals surface area (Å²) < 4.78 is 5.69. The molecule has 1 fully saturated rings. The number of benzene rings is 1. The summed E-state index contributed by atoms with van der Waals surface area (Å²) in [6, 6.07) is 9.10. The lowest BCUT2D eigenvalue weighted by Crippen LogP contribution is -2.37. The van der Waals surface area contributed by atoms with E-state index in [0.717, 1.165) is 0 Å². The quantitative estimate of drug-likeness (QED) is 0.882. The molecule has 1 saturated carbocycles. The van der Waals surface area contributed by atoms with Crippen molar-refractivity contribution in [3.8, 4) is 0 Å². The lowest BCUT2D eigenvalue weighted by Gasteiger charge is -2.35. The molecule has 19 heavy (non-hydrogen) atoms. The first-order valence-corrected chi connectivity index (χ1v) is 6.89. The van der Waals surface area contributed by atoms with Gasteiger partial charge in [-0.3, -0.25) is 9.69 Å². The number of nitrogens with zero attached hydrogens (tertiary/aromatic N) is 1. The molecule has 1 aromatic carbocycles. The lowest BCUT2D eigenvalue weighted by atomic mass is 9.97. The van der Waals surface area contributed by atoms with Gasteiger partial charge < -0.3 is 9.84 Å². The number of carboxylic acids is 1. The summed E-state index contributed by atoms with van der Waals surface area (Å²) in [5.74, 6) is -0.726. The number of ether oxygens (including phenoxy) is 1. The number of aliphatic carboxylic acids is 1. The van der Waals surface area contributed by atoms with E-state index in [4.69, 9.17) is 9.84 Å². The van der Waals surface area contributed by atoms with Crippen molar-refractivity contribution < 1.29 is 14.6 Å². The van der Waals surface area contributed by atoms with Gasteiger partial charge in [0.25, 0.3) is 0 Å². The molecule has 0 radical (unpaired) electrons. The average Bonchev–Trinajstić information content (AvgIpc) is 3.23. The Morgan fingerprint density at radius 2 is 2.16 bits per heavy atom. The second-order valence-electron chi connectivity index (χ2n) is 5.34. The normalized spacial score (nSPS) is 22.3. The first kappa shape index (κ1) is 12.6. The van der Waals surface area contributed by atoms with Crippen molar-refractivity contribution >= 4 is 5.97 Å². The predicted octanol–water partition coefficient (Wildman–Crippen LogP) is 2.20. The standard InChI is InChI=1S/C15H19NO3/c17-15(18)7-8-16(12-5-6-12)14-10-19-9-11-3-1-2-4-13(11)14/h1-4,12,14H,5-10H2,(H,17,18). The van der Waals surface area contributed by atoms with Gasteiger partial charge in [-0.05, 0) is 24.0 Å². The van der Waals surface area contributed by atoms with Gasteiger partial charge in [-0.15, -0.1) is 0 Å². The summed E-state index contributed by atoms with van der Waals surface area (Å²) in [6.45, 7) is 1.96. The van der Waals surface area contributed by atoms with E-state index in [1.54, 1.807) is 0 Å². The molecule has 2 aliphatic rings. The summed E-state index contributed by atoms with van der Waals surface area (Å²) in [7, 11) is 0. The molecule has 0 saturated heterocycles. The van der Waals surface area contributed by atoms with Crippen molar-refractivity contribution in [3.63, 3.8) is 0 Å². The maximum absolute atomic E-state index is 10.8. The lowest BCUT2D eigenvalue weighted by molar-refractivity contribution is -0.137. The van der Waals surface area contributed by atoms with Crippen molar-refractivity contribution in [2.75, 3.05) is 13.2 Å². The van der Waals surface area contributed by atoms with Crippen LogP contribution in [0, 0.1) is 0 Å². The summed E-state index contributed by atoms with van der Waals surface area (Å²) in [6.07, 6.45) is 2.56. The monoisotopic (exact) mass is 261 g/mol. The van der Waals surface area contributed by atoms with Crippen molar-refractivity contribution in [3.05, 3.63) is 35.4 Å². The average molecular weight is 261 g/mol. The van der Waals surface area contributed by atoms with E-state index in [9.17, 15) is 4.79 Å². The van der Waals surface area contributed by atoms with Crippen LogP contribution >= 0.6 is 0 Å². The molecule has 1 aliphatic carbocycles. The molecule has 1 aromatic rings. The molecule has 4 nitrogen and oxygen atoms in total. The highest BCUT2D eigenvalue weighted by molar-refractivity contribution is 5.66. The van der Waals surface area contributed by atoms with Gasteiger partial charge in [-0.1, -0.05) is 24.3 Å². The van der Waals surface area contributed by atoms with E-state index < -0.39 is 5.97 Å². The third kappa shape index (κ3) is 2.80. The molecule has 0 aromatic heterocycles. The van der Waals surface area contributed by atoms with Gasteiger partial charge in [0.2, 0.25) is 0 Å². The molecule has 0 bridgehead atoms. The van der Waals surface area contributed by atoms with Crippen LogP contribution in [0.4, 0.5) is 0 Å². The van der Waals surface area contributed by atoms with Crippen LogP contribution in [-0.2, 0) is 16.1 Å². The highest BCUT2D eigenvalue weighted by Gasteiger charge is 2.36. The fourth-order valence-corrected chi connectivity index (χ4v) is 2.86. The topological polar surface area (TPSA) is 49.8 Å². The van der Waals surface area contributed by atoms with Crippen LogP contribution in [0.2, 0.25) is 0 Å².